The number of thioether (sulfide) groups is 1. The van der Waals surface area contributed by atoms with Crippen LogP contribution >= 0.6 is 11.8 Å². The van der Waals surface area contributed by atoms with Gasteiger partial charge in [0.05, 0.1) is 18.2 Å². The molecule has 8 heteroatoms. The summed E-state index contributed by atoms with van der Waals surface area (Å²) in [4.78, 5) is 13.6. The van der Waals surface area contributed by atoms with Gasteiger partial charge in [-0.15, -0.1) is 0 Å². The van der Waals surface area contributed by atoms with E-state index in [0.717, 1.165) is 41.2 Å². The second kappa shape index (κ2) is 6.82. The molecule has 1 aliphatic heterocycles. The molecule has 1 aliphatic rings. The Morgan fingerprint density at radius 1 is 1.41 bits per heavy atom. The van der Waals surface area contributed by atoms with Crippen molar-refractivity contribution in [2.45, 2.75) is 12.6 Å². The van der Waals surface area contributed by atoms with Crippen LogP contribution in [0.5, 0.6) is 0 Å². The number of likely N-dealkylation sites (tertiary alicyclic amines) is 1. The number of H-pyrrole nitrogens is 1. The smallest absolute Gasteiger partial charge is 0.151 e. The summed E-state index contributed by atoms with van der Waals surface area (Å²) in [7, 11) is 0. The number of hydrogen-bond acceptors (Lipinski definition) is 7. The molecular weight excluding hydrogens is 302 g/mol. The van der Waals surface area contributed by atoms with Crippen molar-refractivity contribution in [2.75, 3.05) is 36.9 Å². The maximum Gasteiger partial charge on any atom is 0.151 e. The van der Waals surface area contributed by atoms with Crippen molar-refractivity contribution in [3.63, 3.8) is 0 Å². The minimum absolute atomic E-state index is 0.188. The van der Waals surface area contributed by atoms with Gasteiger partial charge in [0.25, 0.3) is 0 Å². The highest BCUT2D eigenvalue weighted by Crippen LogP contribution is 2.25. The molecule has 0 aromatic carbocycles. The summed E-state index contributed by atoms with van der Waals surface area (Å²) in [6.45, 7) is 2.44. The number of nitrogens with zero attached hydrogens (tertiary/aromatic N) is 3. The van der Waals surface area contributed by atoms with Gasteiger partial charge < -0.3 is 20.9 Å². The topological polar surface area (TPSA) is 111 Å². The van der Waals surface area contributed by atoms with E-state index in [1.807, 2.05) is 6.20 Å². The minimum Gasteiger partial charge on any atom is -0.396 e. The number of nitrogens with one attached hydrogen (secondary N) is 1. The number of aromatic nitrogens is 3. The van der Waals surface area contributed by atoms with Crippen molar-refractivity contribution in [1.82, 2.24) is 19.9 Å². The number of hydrogen-bond donors (Lipinski definition) is 4. The largest absolute Gasteiger partial charge is 0.396 e. The Bertz CT molecular complexity index is 635. The zero-order valence-corrected chi connectivity index (χ0v) is 13.1. The highest BCUT2D eigenvalue weighted by Gasteiger charge is 2.31. The van der Waals surface area contributed by atoms with Gasteiger partial charge in [-0.25, -0.2) is 9.97 Å². The third kappa shape index (κ3) is 3.19. The van der Waals surface area contributed by atoms with Crippen LogP contribution in [0.4, 0.5) is 5.82 Å². The number of aliphatic hydroxyl groups excluding tert-OH is 2. The first-order valence-electron chi connectivity index (χ1n) is 7.34. The van der Waals surface area contributed by atoms with E-state index >= 15 is 0 Å². The average molecular weight is 323 g/mol. The number of nitrogens with two attached hydrogens (primary N) is 1. The number of fused-ring (bicyclic) bond motifs is 1. The monoisotopic (exact) mass is 323 g/mol. The van der Waals surface area contributed by atoms with Crippen LogP contribution in [0.1, 0.15) is 5.56 Å². The Balaban J connectivity index is 1.65. The van der Waals surface area contributed by atoms with Gasteiger partial charge in [0.2, 0.25) is 0 Å². The number of anilines is 1. The quantitative estimate of drug-likeness (QED) is 0.556. The SMILES string of the molecule is Nc1ncnc2c(CN3C[C@@H](CSCCO)[C@H](O)C3)c[nH]c12. The fourth-order valence-electron chi connectivity index (χ4n) is 2.91. The van der Waals surface area contributed by atoms with Crippen LogP contribution in [0.3, 0.4) is 0 Å². The van der Waals surface area contributed by atoms with E-state index < -0.39 is 0 Å². The van der Waals surface area contributed by atoms with E-state index in [1.54, 1.807) is 11.8 Å². The highest BCUT2D eigenvalue weighted by atomic mass is 32.2. The summed E-state index contributed by atoms with van der Waals surface area (Å²) in [5, 5.41) is 19.0. The van der Waals surface area contributed by atoms with Crippen LogP contribution in [0, 0.1) is 5.92 Å². The van der Waals surface area contributed by atoms with Crippen molar-refractivity contribution in [2.24, 2.45) is 5.92 Å². The summed E-state index contributed by atoms with van der Waals surface area (Å²) in [6.07, 6.45) is 3.08. The molecule has 3 heterocycles. The molecule has 1 fully saturated rings. The van der Waals surface area contributed by atoms with E-state index in [2.05, 4.69) is 19.9 Å². The van der Waals surface area contributed by atoms with Crippen molar-refractivity contribution in [3.05, 3.63) is 18.1 Å². The van der Waals surface area contributed by atoms with Crippen molar-refractivity contribution >= 4 is 28.6 Å². The van der Waals surface area contributed by atoms with E-state index in [0.29, 0.717) is 12.4 Å². The van der Waals surface area contributed by atoms with Crippen LogP contribution in [-0.2, 0) is 6.54 Å². The zero-order chi connectivity index (χ0) is 15.5. The van der Waals surface area contributed by atoms with Gasteiger partial charge in [-0.2, -0.15) is 11.8 Å². The lowest BCUT2D eigenvalue weighted by atomic mass is 10.1. The first-order valence-corrected chi connectivity index (χ1v) is 8.50. The number of aliphatic hydroxyl groups is 2. The number of aromatic amines is 1. The maximum atomic E-state index is 10.2. The lowest BCUT2D eigenvalue weighted by Gasteiger charge is -2.14. The minimum atomic E-state index is -0.309. The third-order valence-corrected chi connectivity index (χ3v) is 5.15. The predicted molar refractivity (Wildman–Crippen MR) is 87.5 cm³/mol. The molecule has 7 nitrogen and oxygen atoms in total. The molecule has 22 heavy (non-hydrogen) atoms. The molecule has 2 atom stereocenters. The summed E-state index contributed by atoms with van der Waals surface area (Å²) < 4.78 is 0. The van der Waals surface area contributed by atoms with Gasteiger partial charge in [-0.3, -0.25) is 4.90 Å². The highest BCUT2D eigenvalue weighted by molar-refractivity contribution is 7.99. The van der Waals surface area contributed by atoms with Gasteiger partial charge in [-0.1, -0.05) is 0 Å². The van der Waals surface area contributed by atoms with Crippen LogP contribution in [0.2, 0.25) is 0 Å². The third-order valence-electron chi connectivity index (χ3n) is 4.02. The van der Waals surface area contributed by atoms with E-state index in [1.165, 1.54) is 6.33 Å². The number of β-amino-alcohol motifs (C(OH)–C–C–N with tert-alkyl or cyclic N) is 1. The van der Waals surface area contributed by atoms with Crippen LogP contribution in [0.15, 0.2) is 12.5 Å². The Morgan fingerprint density at radius 3 is 3.09 bits per heavy atom. The fourth-order valence-corrected chi connectivity index (χ4v) is 3.83. The molecule has 0 saturated carbocycles. The molecule has 2 aromatic rings. The molecule has 0 amide bonds. The molecule has 0 unspecified atom stereocenters. The van der Waals surface area contributed by atoms with Gasteiger partial charge in [0.15, 0.2) is 5.82 Å². The van der Waals surface area contributed by atoms with Crippen molar-refractivity contribution < 1.29 is 10.2 Å². The molecule has 0 aliphatic carbocycles. The molecule has 2 aromatic heterocycles. The Kier molecular flexibility index (Phi) is 4.82. The Labute approximate surface area is 132 Å². The lowest BCUT2D eigenvalue weighted by Crippen LogP contribution is -2.21. The molecular formula is C14H21N5O2S. The van der Waals surface area contributed by atoms with Crippen LogP contribution < -0.4 is 5.73 Å². The molecule has 3 rings (SSSR count). The Hall–Kier alpha value is -1.35. The zero-order valence-electron chi connectivity index (χ0n) is 12.3. The summed E-state index contributed by atoms with van der Waals surface area (Å²) in [5.41, 5.74) is 8.52. The summed E-state index contributed by atoms with van der Waals surface area (Å²) in [6, 6.07) is 0. The lowest BCUT2D eigenvalue weighted by molar-refractivity contribution is 0.149. The number of rotatable bonds is 6. The van der Waals surface area contributed by atoms with Crippen LogP contribution in [0.25, 0.3) is 11.0 Å². The first kappa shape index (κ1) is 15.5. The predicted octanol–water partition coefficient (Wildman–Crippen LogP) is 0.0583. The van der Waals surface area contributed by atoms with Gasteiger partial charge in [0, 0.05) is 43.1 Å². The van der Waals surface area contributed by atoms with Crippen molar-refractivity contribution in [1.29, 1.82) is 0 Å². The maximum absolute atomic E-state index is 10.2. The second-order valence-electron chi connectivity index (χ2n) is 5.62. The molecule has 5 N–H and O–H groups in total. The first-order chi connectivity index (χ1) is 10.7. The van der Waals surface area contributed by atoms with Gasteiger partial charge in [-0.05, 0) is 5.75 Å². The molecule has 0 radical (unpaired) electrons. The van der Waals surface area contributed by atoms with Crippen LogP contribution in [-0.4, -0.2) is 67.4 Å². The van der Waals surface area contributed by atoms with E-state index in [9.17, 15) is 5.11 Å². The normalized spacial score (nSPS) is 22.6. The van der Waals surface area contributed by atoms with Gasteiger partial charge >= 0.3 is 0 Å². The van der Waals surface area contributed by atoms with Gasteiger partial charge in [0.1, 0.15) is 11.8 Å². The average Bonchev–Trinajstić information content (AvgIpc) is 3.05. The van der Waals surface area contributed by atoms with E-state index in [4.69, 9.17) is 10.8 Å². The molecule has 1 saturated heterocycles. The Morgan fingerprint density at radius 2 is 2.27 bits per heavy atom. The van der Waals surface area contributed by atoms with E-state index in [-0.39, 0.29) is 18.6 Å². The number of nitrogen functional groups attached to an aromatic ring is 1. The standard InChI is InChI=1S/C14H21N5O2S/c15-14-13-12(17-8-18-14)9(3-16-13)4-19-5-10(11(21)6-19)7-22-2-1-20/h3,8,10-11,16,20-21H,1-2,4-7H2,(H2,15,17,18)/t10-,11+/m0/s1. The summed E-state index contributed by atoms with van der Waals surface area (Å²) >= 11 is 1.69. The molecule has 120 valence electrons. The molecule has 0 spiro atoms. The second-order valence-corrected chi connectivity index (χ2v) is 6.77. The fraction of sp³-hybridized carbons (Fsp3) is 0.571. The summed E-state index contributed by atoms with van der Waals surface area (Å²) in [5.74, 6) is 2.31. The van der Waals surface area contributed by atoms with Crippen molar-refractivity contribution in [3.8, 4) is 0 Å². The molecule has 0 bridgehead atoms.